The van der Waals surface area contributed by atoms with Crippen molar-refractivity contribution < 1.29 is 19.1 Å². The lowest BCUT2D eigenvalue weighted by Gasteiger charge is -2.26. The van der Waals surface area contributed by atoms with Gasteiger partial charge in [-0.1, -0.05) is 23.2 Å². The van der Waals surface area contributed by atoms with Crippen LogP contribution in [0.25, 0.3) is 0 Å². The van der Waals surface area contributed by atoms with E-state index in [-0.39, 0.29) is 6.03 Å². The van der Waals surface area contributed by atoms with Crippen LogP contribution >= 0.6 is 23.2 Å². The Labute approximate surface area is 197 Å². The lowest BCUT2D eigenvalue weighted by atomic mass is 10.3. The van der Waals surface area contributed by atoms with E-state index >= 15 is 0 Å². The lowest BCUT2D eigenvalue weighted by Crippen LogP contribution is -2.43. The van der Waals surface area contributed by atoms with Crippen molar-refractivity contribution in [2.24, 2.45) is 4.99 Å². The number of rotatable bonds is 2. The van der Waals surface area contributed by atoms with Crippen molar-refractivity contribution >= 4 is 46.7 Å². The molecule has 2 aliphatic heterocycles. The minimum Gasteiger partial charge on any atom is -0.379 e. The van der Waals surface area contributed by atoms with Crippen LogP contribution in [0.4, 0.5) is 16.2 Å². The van der Waals surface area contributed by atoms with Crippen molar-refractivity contribution in [2.45, 2.75) is 0 Å². The first kappa shape index (κ1) is 25.8. The molecule has 0 bridgehead atoms. The van der Waals surface area contributed by atoms with E-state index in [1.54, 1.807) is 53.4 Å². The molecule has 2 amide bonds. The van der Waals surface area contributed by atoms with Crippen molar-refractivity contribution in [3.05, 3.63) is 58.6 Å². The second-order valence-electron chi connectivity index (χ2n) is 6.58. The van der Waals surface area contributed by atoms with Gasteiger partial charge in [0.15, 0.2) is 0 Å². The monoisotopic (exact) mass is 480 g/mol. The Bertz CT molecular complexity index is 838. The van der Waals surface area contributed by atoms with E-state index in [1.807, 2.05) is 0 Å². The standard InChI is InChI=1S/C11H13ClN2O2.C7H4ClNO.C4H9NO/c12-9-1-3-10(4-2-9)13-11(15)14-5-7-16-8-6-14;8-6-1-3-7(4-2-6)9-5-10;1-3-6-4-2-5-1/h1-4H,5-8H2,(H,13,15);1-4H;5H,1-4H2. The van der Waals surface area contributed by atoms with E-state index in [0.29, 0.717) is 42.0 Å². The minimum absolute atomic E-state index is 0.0920. The molecular formula is C22H26Cl2N4O4. The summed E-state index contributed by atoms with van der Waals surface area (Å²) in [6, 6.07) is 13.6. The zero-order valence-electron chi connectivity index (χ0n) is 17.6. The average molecular weight is 481 g/mol. The van der Waals surface area contributed by atoms with Gasteiger partial charge in [-0.2, -0.15) is 4.99 Å². The van der Waals surface area contributed by atoms with Gasteiger partial charge in [0.05, 0.1) is 32.1 Å². The van der Waals surface area contributed by atoms with Crippen LogP contribution in [0, 0.1) is 0 Å². The first-order valence-corrected chi connectivity index (χ1v) is 10.8. The molecule has 0 radical (unpaired) electrons. The molecule has 8 nitrogen and oxygen atoms in total. The van der Waals surface area contributed by atoms with Gasteiger partial charge in [0.1, 0.15) is 0 Å². The molecule has 10 heteroatoms. The van der Waals surface area contributed by atoms with Gasteiger partial charge in [-0.3, -0.25) is 0 Å². The van der Waals surface area contributed by atoms with E-state index < -0.39 is 0 Å². The van der Waals surface area contributed by atoms with Crippen LogP contribution in [0.15, 0.2) is 53.5 Å². The van der Waals surface area contributed by atoms with Crippen LogP contribution in [0.2, 0.25) is 10.0 Å². The highest BCUT2D eigenvalue weighted by atomic mass is 35.5. The third kappa shape index (κ3) is 10.7. The molecule has 2 aromatic carbocycles. The quantitative estimate of drug-likeness (QED) is 0.498. The van der Waals surface area contributed by atoms with Gasteiger partial charge in [-0.15, -0.1) is 0 Å². The molecule has 4 rings (SSSR count). The summed E-state index contributed by atoms with van der Waals surface area (Å²) in [6.07, 6.45) is 1.44. The summed E-state index contributed by atoms with van der Waals surface area (Å²) in [5, 5.41) is 7.26. The maximum absolute atomic E-state index is 11.8. The normalized spacial score (nSPS) is 15.1. The fourth-order valence-corrected chi connectivity index (χ4v) is 2.84. The number of amides is 2. The van der Waals surface area contributed by atoms with Gasteiger partial charge < -0.3 is 25.0 Å². The Kier molecular flexibility index (Phi) is 12.4. The predicted octanol–water partition coefficient (Wildman–Crippen LogP) is 4.12. The van der Waals surface area contributed by atoms with Crippen molar-refractivity contribution in [1.29, 1.82) is 0 Å². The maximum Gasteiger partial charge on any atom is 0.321 e. The van der Waals surface area contributed by atoms with Crippen molar-refractivity contribution in [3.63, 3.8) is 0 Å². The Morgan fingerprint density at radius 2 is 1.44 bits per heavy atom. The molecule has 0 aromatic heterocycles. The van der Waals surface area contributed by atoms with Gasteiger partial charge in [0, 0.05) is 41.9 Å². The van der Waals surface area contributed by atoms with E-state index in [2.05, 4.69) is 15.6 Å². The summed E-state index contributed by atoms with van der Waals surface area (Å²) in [7, 11) is 0. The van der Waals surface area contributed by atoms with Crippen molar-refractivity contribution in [3.8, 4) is 0 Å². The number of ether oxygens (including phenoxy) is 2. The van der Waals surface area contributed by atoms with Crippen LogP contribution < -0.4 is 10.6 Å². The zero-order valence-corrected chi connectivity index (χ0v) is 19.1. The number of benzene rings is 2. The van der Waals surface area contributed by atoms with Gasteiger partial charge in [0.2, 0.25) is 6.08 Å². The first-order chi connectivity index (χ1) is 15.6. The van der Waals surface area contributed by atoms with Gasteiger partial charge in [-0.05, 0) is 48.5 Å². The van der Waals surface area contributed by atoms with E-state index in [0.717, 1.165) is 32.0 Å². The number of hydrogen-bond donors (Lipinski definition) is 2. The first-order valence-electron chi connectivity index (χ1n) is 10.1. The number of anilines is 1. The molecule has 32 heavy (non-hydrogen) atoms. The largest absolute Gasteiger partial charge is 0.379 e. The molecule has 0 unspecified atom stereocenters. The van der Waals surface area contributed by atoms with Crippen LogP contribution in [-0.2, 0) is 14.3 Å². The molecule has 0 aliphatic carbocycles. The highest BCUT2D eigenvalue weighted by molar-refractivity contribution is 6.30. The molecule has 2 saturated heterocycles. The summed E-state index contributed by atoms with van der Waals surface area (Å²) in [5.41, 5.74) is 1.32. The molecule has 172 valence electrons. The topological polar surface area (TPSA) is 92.3 Å². The smallest absolute Gasteiger partial charge is 0.321 e. The van der Waals surface area contributed by atoms with Crippen molar-refractivity contribution in [2.75, 3.05) is 57.9 Å². The highest BCUT2D eigenvalue weighted by Crippen LogP contribution is 2.15. The predicted molar refractivity (Wildman–Crippen MR) is 126 cm³/mol. The Morgan fingerprint density at radius 3 is 1.91 bits per heavy atom. The zero-order chi connectivity index (χ0) is 23.0. The van der Waals surface area contributed by atoms with Gasteiger partial charge in [-0.25, -0.2) is 9.59 Å². The summed E-state index contributed by atoms with van der Waals surface area (Å²) >= 11 is 11.3. The average Bonchev–Trinajstić information content (AvgIpc) is 2.85. The molecular weight excluding hydrogens is 455 g/mol. The minimum atomic E-state index is -0.0920. The summed E-state index contributed by atoms with van der Waals surface area (Å²) in [4.78, 5) is 26.6. The SMILES string of the molecule is C1COCCN1.O=C(Nc1ccc(Cl)cc1)N1CCOCC1.O=C=Nc1ccc(Cl)cc1. The third-order valence-corrected chi connectivity index (χ3v) is 4.75. The lowest BCUT2D eigenvalue weighted by molar-refractivity contribution is 0.0564. The summed E-state index contributed by atoms with van der Waals surface area (Å²) in [5.74, 6) is 0. The van der Waals surface area contributed by atoms with E-state index in [9.17, 15) is 9.59 Å². The molecule has 2 fully saturated rings. The second-order valence-corrected chi connectivity index (χ2v) is 7.45. The highest BCUT2D eigenvalue weighted by Gasteiger charge is 2.16. The number of nitrogens with one attached hydrogen (secondary N) is 2. The second kappa shape index (κ2) is 15.4. The fraction of sp³-hybridized carbons (Fsp3) is 0.364. The van der Waals surface area contributed by atoms with Crippen LogP contribution in [0.1, 0.15) is 0 Å². The van der Waals surface area contributed by atoms with E-state index in [4.69, 9.17) is 32.7 Å². The van der Waals surface area contributed by atoms with E-state index in [1.165, 1.54) is 6.08 Å². The number of carbonyl (C=O) groups is 1. The molecule has 0 saturated carbocycles. The number of urea groups is 1. The van der Waals surface area contributed by atoms with Crippen molar-refractivity contribution in [1.82, 2.24) is 10.2 Å². The number of nitrogens with zero attached hydrogens (tertiary/aromatic N) is 2. The van der Waals surface area contributed by atoms with Crippen LogP contribution in [0.3, 0.4) is 0 Å². The molecule has 2 N–H and O–H groups in total. The van der Waals surface area contributed by atoms with Crippen LogP contribution in [-0.4, -0.2) is 69.6 Å². The fourth-order valence-electron chi connectivity index (χ4n) is 2.59. The van der Waals surface area contributed by atoms with Gasteiger partial charge in [0.25, 0.3) is 0 Å². The van der Waals surface area contributed by atoms with Crippen LogP contribution in [0.5, 0.6) is 0 Å². The summed E-state index contributed by atoms with van der Waals surface area (Å²) in [6.45, 7) is 6.32. The molecule has 2 heterocycles. The Balaban J connectivity index is 0.000000192. The third-order valence-electron chi connectivity index (χ3n) is 4.24. The molecule has 0 atom stereocenters. The Hall–Kier alpha value is -2.45. The molecule has 2 aromatic rings. The number of carbonyl (C=O) groups excluding carboxylic acids is 2. The van der Waals surface area contributed by atoms with Gasteiger partial charge >= 0.3 is 6.03 Å². The molecule has 2 aliphatic rings. The summed E-state index contributed by atoms with van der Waals surface area (Å²) < 4.78 is 10.2. The number of hydrogen-bond acceptors (Lipinski definition) is 6. The molecule has 0 spiro atoms. The number of aliphatic imine (C=N–C) groups is 1. The number of morpholine rings is 2. The number of isocyanates is 1. The maximum atomic E-state index is 11.8. The Morgan fingerprint density at radius 1 is 0.906 bits per heavy atom. The number of halogens is 2.